The van der Waals surface area contributed by atoms with Crippen molar-refractivity contribution in [1.82, 2.24) is 10.6 Å². The highest BCUT2D eigenvalue weighted by atomic mass is 15.1. The fourth-order valence-electron chi connectivity index (χ4n) is 1.54. The van der Waals surface area contributed by atoms with Gasteiger partial charge in [0.1, 0.15) is 0 Å². The molecule has 2 aliphatic rings. The summed E-state index contributed by atoms with van der Waals surface area (Å²) < 4.78 is 0. The fourth-order valence-corrected chi connectivity index (χ4v) is 1.54. The summed E-state index contributed by atoms with van der Waals surface area (Å²) in [5.74, 6) is 1.01. The van der Waals surface area contributed by atoms with E-state index in [1.807, 2.05) is 0 Å². The van der Waals surface area contributed by atoms with Crippen molar-refractivity contribution in [2.45, 2.75) is 12.5 Å². The molecule has 0 aromatic rings. The molecular formula is C6H12N2. The van der Waals surface area contributed by atoms with Crippen LogP contribution in [0, 0.1) is 5.92 Å². The van der Waals surface area contributed by atoms with Crippen molar-refractivity contribution in [3.8, 4) is 0 Å². The van der Waals surface area contributed by atoms with E-state index in [-0.39, 0.29) is 0 Å². The Morgan fingerprint density at radius 1 is 1.25 bits per heavy atom. The lowest BCUT2D eigenvalue weighted by atomic mass is 9.86. The number of hydrogen-bond acceptors (Lipinski definition) is 2. The quantitative estimate of drug-likeness (QED) is 0.444. The van der Waals surface area contributed by atoms with Crippen LogP contribution >= 0.6 is 0 Å². The molecule has 0 unspecified atom stereocenters. The van der Waals surface area contributed by atoms with E-state index in [0.29, 0.717) is 0 Å². The molecule has 0 radical (unpaired) electrons. The minimum atomic E-state index is 0.823. The Hall–Kier alpha value is -0.0800. The van der Waals surface area contributed by atoms with Crippen LogP contribution < -0.4 is 10.6 Å². The van der Waals surface area contributed by atoms with Crippen molar-refractivity contribution >= 4 is 0 Å². The van der Waals surface area contributed by atoms with Gasteiger partial charge in [0.25, 0.3) is 0 Å². The highest BCUT2D eigenvalue weighted by molar-refractivity contribution is 4.92. The summed E-state index contributed by atoms with van der Waals surface area (Å²) in [7, 11) is 0. The third kappa shape index (κ3) is 0.565. The molecule has 2 heterocycles. The van der Waals surface area contributed by atoms with E-state index in [1.54, 1.807) is 0 Å². The average molecular weight is 112 g/mol. The summed E-state index contributed by atoms with van der Waals surface area (Å²) in [4.78, 5) is 0. The molecule has 8 heavy (non-hydrogen) atoms. The molecule has 46 valence electrons. The Morgan fingerprint density at radius 3 is 2.62 bits per heavy atom. The Morgan fingerprint density at radius 2 is 2.25 bits per heavy atom. The highest BCUT2D eigenvalue weighted by Gasteiger charge is 2.31. The van der Waals surface area contributed by atoms with Crippen LogP contribution in [0.3, 0.4) is 0 Å². The first kappa shape index (κ1) is 4.77. The van der Waals surface area contributed by atoms with Gasteiger partial charge < -0.3 is 10.6 Å². The maximum atomic E-state index is 3.38. The molecule has 2 rings (SSSR count). The normalized spacial score (nSPS) is 45.0. The maximum absolute atomic E-state index is 3.38. The van der Waals surface area contributed by atoms with Crippen molar-refractivity contribution in [2.75, 3.05) is 19.6 Å². The first-order valence-corrected chi connectivity index (χ1v) is 3.41. The van der Waals surface area contributed by atoms with Crippen molar-refractivity contribution < 1.29 is 0 Å². The van der Waals surface area contributed by atoms with E-state index in [4.69, 9.17) is 0 Å². The minimum Gasteiger partial charge on any atom is -0.315 e. The Balaban J connectivity index is 1.92. The van der Waals surface area contributed by atoms with Gasteiger partial charge >= 0.3 is 0 Å². The third-order valence-electron chi connectivity index (χ3n) is 2.27. The predicted octanol–water partition coefficient (Wildman–Crippen LogP) is -0.432. The smallest absolute Gasteiger partial charge is 0.0233 e. The monoisotopic (exact) mass is 112 g/mol. The molecule has 2 saturated heterocycles. The maximum Gasteiger partial charge on any atom is 0.0233 e. The summed E-state index contributed by atoms with van der Waals surface area (Å²) in [6.45, 7) is 3.71. The Labute approximate surface area is 49.7 Å². The first-order valence-electron chi connectivity index (χ1n) is 3.41. The van der Waals surface area contributed by atoms with Gasteiger partial charge in [-0.1, -0.05) is 0 Å². The minimum absolute atomic E-state index is 0.823. The molecule has 0 aromatic carbocycles. The van der Waals surface area contributed by atoms with Crippen molar-refractivity contribution in [3.05, 3.63) is 0 Å². The number of piperidine rings is 1. The second-order valence-corrected chi connectivity index (χ2v) is 2.77. The number of hydrogen-bond donors (Lipinski definition) is 2. The molecule has 2 aliphatic heterocycles. The molecule has 0 bridgehead atoms. The molecule has 2 fully saturated rings. The van der Waals surface area contributed by atoms with Gasteiger partial charge in [0.05, 0.1) is 0 Å². The molecule has 0 amide bonds. The van der Waals surface area contributed by atoms with Gasteiger partial charge in [-0.2, -0.15) is 0 Å². The molecular weight excluding hydrogens is 100 g/mol. The zero-order chi connectivity index (χ0) is 5.40. The summed E-state index contributed by atoms with van der Waals surface area (Å²) in [5.41, 5.74) is 0. The van der Waals surface area contributed by atoms with Crippen LogP contribution in [-0.2, 0) is 0 Å². The van der Waals surface area contributed by atoms with Gasteiger partial charge in [-0.15, -0.1) is 0 Å². The zero-order valence-electron chi connectivity index (χ0n) is 4.98. The number of rotatable bonds is 0. The third-order valence-corrected chi connectivity index (χ3v) is 2.27. The lowest BCUT2D eigenvalue weighted by Gasteiger charge is -2.41. The summed E-state index contributed by atoms with van der Waals surface area (Å²) in [6, 6.07) is 0.823. The summed E-state index contributed by atoms with van der Waals surface area (Å²) in [5, 5.41) is 6.74. The second kappa shape index (κ2) is 1.71. The van der Waals surface area contributed by atoms with Crippen LogP contribution in [-0.4, -0.2) is 25.7 Å². The standard InChI is InChI=1S/C6H12N2/c1-2-7-4-6-5(1)3-8-6/h5-8H,1-4H2/t5-,6-/m1/s1. The number of fused-ring (bicyclic) bond motifs is 1. The highest BCUT2D eigenvalue weighted by Crippen LogP contribution is 2.18. The van der Waals surface area contributed by atoms with Crippen LogP contribution in [0.2, 0.25) is 0 Å². The van der Waals surface area contributed by atoms with Gasteiger partial charge in [-0.05, 0) is 25.4 Å². The fraction of sp³-hybridized carbons (Fsp3) is 1.00. The Bertz CT molecular complexity index is 80.5. The van der Waals surface area contributed by atoms with Gasteiger partial charge in [-0.25, -0.2) is 0 Å². The van der Waals surface area contributed by atoms with Crippen molar-refractivity contribution in [3.63, 3.8) is 0 Å². The van der Waals surface area contributed by atoms with Crippen LogP contribution in [0.5, 0.6) is 0 Å². The molecule has 2 N–H and O–H groups in total. The predicted molar refractivity (Wildman–Crippen MR) is 32.8 cm³/mol. The van der Waals surface area contributed by atoms with Crippen molar-refractivity contribution in [1.29, 1.82) is 0 Å². The summed E-state index contributed by atoms with van der Waals surface area (Å²) in [6.07, 6.45) is 1.39. The molecule has 2 atom stereocenters. The zero-order valence-corrected chi connectivity index (χ0v) is 4.98. The molecule has 0 spiro atoms. The van der Waals surface area contributed by atoms with Crippen LogP contribution in [0.1, 0.15) is 6.42 Å². The first-order chi connectivity index (χ1) is 3.97. The molecule has 2 heteroatoms. The van der Waals surface area contributed by atoms with Gasteiger partial charge in [0.15, 0.2) is 0 Å². The van der Waals surface area contributed by atoms with Gasteiger partial charge in [0, 0.05) is 12.6 Å². The van der Waals surface area contributed by atoms with Gasteiger partial charge in [0.2, 0.25) is 0 Å². The van der Waals surface area contributed by atoms with E-state index in [1.165, 1.54) is 26.1 Å². The topological polar surface area (TPSA) is 24.1 Å². The molecule has 2 nitrogen and oxygen atoms in total. The van der Waals surface area contributed by atoms with Crippen LogP contribution in [0.15, 0.2) is 0 Å². The van der Waals surface area contributed by atoms with E-state index < -0.39 is 0 Å². The number of nitrogens with one attached hydrogen (secondary N) is 2. The van der Waals surface area contributed by atoms with Gasteiger partial charge in [-0.3, -0.25) is 0 Å². The van der Waals surface area contributed by atoms with E-state index in [9.17, 15) is 0 Å². The van der Waals surface area contributed by atoms with Crippen molar-refractivity contribution in [2.24, 2.45) is 5.92 Å². The molecule has 0 aliphatic carbocycles. The Kier molecular flexibility index (Phi) is 1.02. The lowest BCUT2D eigenvalue weighted by Crippen LogP contribution is -2.61. The van der Waals surface area contributed by atoms with Crippen LogP contribution in [0.25, 0.3) is 0 Å². The van der Waals surface area contributed by atoms with Crippen LogP contribution in [0.4, 0.5) is 0 Å². The largest absolute Gasteiger partial charge is 0.315 e. The summed E-state index contributed by atoms with van der Waals surface area (Å²) >= 11 is 0. The lowest BCUT2D eigenvalue weighted by molar-refractivity contribution is 0.180. The van der Waals surface area contributed by atoms with E-state index >= 15 is 0 Å². The molecule has 0 saturated carbocycles. The second-order valence-electron chi connectivity index (χ2n) is 2.77. The molecule has 0 aromatic heterocycles. The van der Waals surface area contributed by atoms with E-state index in [2.05, 4.69) is 10.6 Å². The van der Waals surface area contributed by atoms with E-state index in [0.717, 1.165) is 12.0 Å². The average Bonchev–Trinajstić information content (AvgIpc) is 1.72. The SMILES string of the molecule is C1C[C@@H]2CN[C@@H]2CN1.